The molecule has 3 heterocycles. The van der Waals surface area contributed by atoms with E-state index in [0.717, 1.165) is 10.6 Å². The van der Waals surface area contributed by atoms with E-state index >= 15 is 0 Å². The Morgan fingerprint density at radius 2 is 2.22 bits per heavy atom. The van der Waals surface area contributed by atoms with Gasteiger partial charge in [0.25, 0.3) is 5.56 Å². The lowest BCUT2D eigenvalue weighted by atomic mass is 9.97. The third-order valence-electron chi connectivity index (χ3n) is 4.27. The predicted octanol–water partition coefficient (Wildman–Crippen LogP) is -0.613. The maximum absolute atomic E-state index is 12.1. The van der Waals surface area contributed by atoms with Crippen LogP contribution in [0.15, 0.2) is 21.9 Å². The Labute approximate surface area is 158 Å². The van der Waals surface area contributed by atoms with Crippen LogP contribution in [0.5, 0.6) is 0 Å². The molecule has 2 fully saturated rings. The molecule has 0 saturated carbocycles. The zero-order valence-corrected chi connectivity index (χ0v) is 16.0. The van der Waals surface area contributed by atoms with Crippen molar-refractivity contribution >= 4 is 18.5 Å². The Bertz CT molecular complexity index is 883. The molecule has 2 aliphatic rings. The van der Waals surface area contributed by atoms with Gasteiger partial charge >= 0.3 is 12.4 Å². The zero-order chi connectivity index (χ0) is 19.7. The third kappa shape index (κ3) is 3.91. The van der Waals surface area contributed by atoms with Crippen LogP contribution in [0.2, 0.25) is 0 Å². The standard InChI is InChI=1S/C14H18N3O8PS/c1-15-4-6-22-26(27)23-7-14(8-24-26)11(19)10(21-2)12(25-14)17-5-3-9(18)16-13(17)20/h3,5,10-12,19H,4,6-8H2,2H3,(H,16,18,20)/t10?,11-,12-,14?,26?/m1/s1. The number of aromatic nitrogens is 2. The average Bonchev–Trinajstić information content (AvgIpc) is 2.90. The van der Waals surface area contributed by atoms with Gasteiger partial charge in [-0.25, -0.2) is 11.4 Å². The predicted molar refractivity (Wildman–Crippen MR) is 94.6 cm³/mol. The quantitative estimate of drug-likeness (QED) is 0.365. The fourth-order valence-corrected chi connectivity index (χ4v) is 4.71. The van der Waals surface area contributed by atoms with E-state index in [4.69, 9.17) is 41.4 Å². The highest BCUT2D eigenvalue weighted by Gasteiger charge is 2.59. The number of hydrogen-bond donors (Lipinski definition) is 2. The lowest BCUT2D eigenvalue weighted by Gasteiger charge is -2.38. The molecule has 1 spiro atoms. The van der Waals surface area contributed by atoms with Crippen LogP contribution in [0.1, 0.15) is 6.23 Å². The van der Waals surface area contributed by atoms with E-state index in [2.05, 4.69) is 9.83 Å². The van der Waals surface area contributed by atoms with Crippen molar-refractivity contribution in [3.05, 3.63) is 44.5 Å². The van der Waals surface area contributed by atoms with Crippen molar-refractivity contribution in [2.24, 2.45) is 0 Å². The SMILES string of the molecule is [C-]#[N+]CCOP1(=S)OCC2(CO1)O[C@@H](n1ccc(=O)[nH]c1=O)C(OC)[C@H]2O. The molecule has 1 unspecified atom stereocenters. The highest BCUT2D eigenvalue weighted by atomic mass is 32.5. The van der Waals surface area contributed by atoms with Crippen molar-refractivity contribution in [2.45, 2.75) is 24.0 Å². The number of aromatic amines is 1. The smallest absolute Gasteiger partial charge is 0.330 e. The lowest BCUT2D eigenvalue weighted by molar-refractivity contribution is -0.161. The molecule has 3 rings (SSSR count). The summed E-state index contributed by atoms with van der Waals surface area (Å²) in [7, 11) is 1.36. The fourth-order valence-electron chi connectivity index (χ4n) is 2.89. The van der Waals surface area contributed by atoms with Crippen LogP contribution in [-0.2, 0) is 34.9 Å². The minimum Gasteiger partial charge on any atom is -0.387 e. The van der Waals surface area contributed by atoms with Gasteiger partial charge in [-0.3, -0.25) is 14.3 Å². The van der Waals surface area contributed by atoms with Crippen LogP contribution < -0.4 is 11.2 Å². The lowest BCUT2D eigenvalue weighted by Crippen LogP contribution is -2.52. The van der Waals surface area contributed by atoms with Crippen molar-refractivity contribution in [2.75, 3.05) is 33.5 Å². The molecular weight excluding hydrogens is 401 g/mol. The molecular formula is C14H18N3O8PS. The molecule has 13 heteroatoms. The minimum atomic E-state index is -3.04. The van der Waals surface area contributed by atoms with Gasteiger partial charge in [0, 0.05) is 19.4 Å². The van der Waals surface area contributed by atoms with Crippen LogP contribution in [0.25, 0.3) is 4.85 Å². The van der Waals surface area contributed by atoms with Gasteiger partial charge in [-0.2, -0.15) is 0 Å². The summed E-state index contributed by atoms with van der Waals surface area (Å²) in [5.74, 6) is 0. The van der Waals surface area contributed by atoms with E-state index in [-0.39, 0.29) is 26.4 Å². The summed E-state index contributed by atoms with van der Waals surface area (Å²) in [5.41, 5.74) is -2.59. The number of methoxy groups -OCH3 is 1. The Morgan fingerprint density at radius 1 is 1.52 bits per heavy atom. The van der Waals surface area contributed by atoms with Gasteiger partial charge in [0.05, 0.1) is 13.2 Å². The normalized spacial score (nSPS) is 36.0. The molecule has 11 nitrogen and oxygen atoms in total. The first-order chi connectivity index (χ1) is 12.8. The number of ether oxygens (including phenoxy) is 2. The molecule has 0 amide bonds. The summed E-state index contributed by atoms with van der Waals surface area (Å²) in [6.07, 6.45) is -1.87. The summed E-state index contributed by atoms with van der Waals surface area (Å²) in [6.45, 7) is 3.62. The summed E-state index contributed by atoms with van der Waals surface area (Å²) in [6, 6.07) is 1.16. The third-order valence-corrected chi connectivity index (χ3v) is 6.61. The maximum Gasteiger partial charge on any atom is 0.330 e. The molecule has 0 radical (unpaired) electrons. The van der Waals surface area contributed by atoms with Gasteiger partial charge in [-0.05, 0) is 11.8 Å². The fraction of sp³-hybridized carbons (Fsp3) is 0.643. The molecule has 0 bridgehead atoms. The van der Waals surface area contributed by atoms with E-state index in [0.29, 0.717) is 0 Å². The molecule has 1 aromatic heterocycles. The molecule has 27 heavy (non-hydrogen) atoms. The van der Waals surface area contributed by atoms with Crippen LogP contribution in [-0.4, -0.2) is 65.9 Å². The van der Waals surface area contributed by atoms with E-state index in [1.54, 1.807) is 0 Å². The van der Waals surface area contributed by atoms with Crippen molar-refractivity contribution in [3.63, 3.8) is 0 Å². The van der Waals surface area contributed by atoms with Gasteiger partial charge in [0.2, 0.25) is 6.54 Å². The Kier molecular flexibility index (Phi) is 5.95. The second-order valence-electron chi connectivity index (χ2n) is 5.94. The average molecular weight is 419 g/mol. The topological polar surface area (TPSA) is 126 Å². The van der Waals surface area contributed by atoms with E-state index in [1.165, 1.54) is 13.3 Å². The summed E-state index contributed by atoms with van der Waals surface area (Å²) >= 11 is 5.22. The molecule has 2 aliphatic heterocycles. The maximum atomic E-state index is 12.1. The van der Waals surface area contributed by atoms with Gasteiger partial charge in [0.1, 0.15) is 24.4 Å². The zero-order valence-electron chi connectivity index (χ0n) is 14.3. The molecule has 148 valence electrons. The second kappa shape index (κ2) is 7.90. The summed E-state index contributed by atoms with van der Waals surface area (Å²) < 4.78 is 28.8. The number of rotatable bonds is 5. The van der Waals surface area contributed by atoms with Crippen LogP contribution in [0, 0.1) is 6.57 Å². The Balaban J connectivity index is 1.80. The van der Waals surface area contributed by atoms with Gasteiger partial charge < -0.3 is 33.0 Å². The highest BCUT2D eigenvalue weighted by Crippen LogP contribution is 2.56. The van der Waals surface area contributed by atoms with Gasteiger partial charge in [0.15, 0.2) is 6.23 Å². The minimum absolute atomic E-state index is 0.0767. The second-order valence-corrected chi connectivity index (χ2v) is 8.96. The number of aliphatic hydroxyl groups is 1. The Morgan fingerprint density at radius 3 is 2.81 bits per heavy atom. The van der Waals surface area contributed by atoms with E-state index < -0.39 is 42.0 Å². The molecule has 3 atom stereocenters. The van der Waals surface area contributed by atoms with Crippen LogP contribution in [0.3, 0.4) is 0 Å². The molecule has 2 saturated heterocycles. The van der Waals surface area contributed by atoms with Crippen molar-refractivity contribution in [1.29, 1.82) is 0 Å². The summed E-state index contributed by atoms with van der Waals surface area (Å²) in [5, 5.41) is 10.7. The Hall–Kier alpha value is -1.42. The number of H-pyrrole nitrogens is 1. The van der Waals surface area contributed by atoms with Crippen molar-refractivity contribution in [3.8, 4) is 0 Å². The highest BCUT2D eigenvalue weighted by molar-refractivity contribution is 8.07. The van der Waals surface area contributed by atoms with E-state index in [1.807, 2.05) is 0 Å². The van der Waals surface area contributed by atoms with Crippen molar-refractivity contribution < 1.29 is 28.2 Å². The van der Waals surface area contributed by atoms with Gasteiger partial charge in [-0.15, -0.1) is 0 Å². The number of nitrogens with one attached hydrogen (secondary N) is 1. The molecule has 0 aliphatic carbocycles. The number of hydrogen-bond acceptors (Lipinski definition) is 9. The van der Waals surface area contributed by atoms with Crippen LogP contribution >= 0.6 is 6.72 Å². The first-order valence-corrected chi connectivity index (χ1v) is 10.5. The first-order valence-electron chi connectivity index (χ1n) is 7.91. The largest absolute Gasteiger partial charge is 0.387 e. The molecule has 2 N–H and O–H groups in total. The number of aliphatic hydroxyl groups excluding tert-OH is 1. The van der Waals surface area contributed by atoms with Crippen LogP contribution in [0.4, 0.5) is 0 Å². The monoisotopic (exact) mass is 419 g/mol. The van der Waals surface area contributed by atoms with Crippen molar-refractivity contribution in [1.82, 2.24) is 9.55 Å². The van der Waals surface area contributed by atoms with E-state index in [9.17, 15) is 14.7 Å². The first kappa shape index (κ1) is 20.3. The number of nitrogens with zero attached hydrogens (tertiary/aromatic N) is 2. The molecule has 0 aromatic carbocycles. The van der Waals surface area contributed by atoms with Gasteiger partial charge in [-0.1, -0.05) is 0 Å². The molecule has 1 aromatic rings. The summed E-state index contributed by atoms with van der Waals surface area (Å²) in [4.78, 5) is 28.7.